The fourth-order valence-electron chi connectivity index (χ4n) is 2.04. The van der Waals surface area contributed by atoms with Crippen LogP contribution in [0.5, 0.6) is 0 Å². The molecular weight excluding hydrogens is 188 g/mol. The number of carbonyl (C=O) groups is 1. The van der Waals surface area contributed by atoms with Gasteiger partial charge in [-0.25, -0.2) is 0 Å². The molecule has 0 saturated heterocycles. The topological polar surface area (TPSA) is 26.3 Å². The van der Waals surface area contributed by atoms with E-state index in [1.807, 2.05) is 6.92 Å². The Bertz CT molecular complexity index is 252. The van der Waals surface area contributed by atoms with Crippen LogP contribution in [0.2, 0.25) is 0 Å². The lowest BCUT2D eigenvalue weighted by molar-refractivity contribution is -0.143. The van der Waals surface area contributed by atoms with Crippen molar-refractivity contribution in [1.29, 1.82) is 0 Å². The zero-order valence-corrected chi connectivity index (χ0v) is 10.3. The van der Waals surface area contributed by atoms with Crippen molar-refractivity contribution < 1.29 is 9.53 Å². The van der Waals surface area contributed by atoms with Crippen LogP contribution >= 0.6 is 0 Å². The molecule has 1 aliphatic rings. The van der Waals surface area contributed by atoms with Gasteiger partial charge in [0, 0.05) is 6.92 Å². The Morgan fingerprint density at radius 3 is 2.40 bits per heavy atom. The highest BCUT2D eigenvalue weighted by atomic mass is 16.5. The lowest BCUT2D eigenvalue weighted by Gasteiger charge is -2.31. The van der Waals surface area contributed by atoms with E-state index in [1.54, 1.807) is 0 Å². The number of allylic oxidation sites excluding steroid dienone is 1. The van der Waals surface area contributed by atoms with Gasteiger partial charge in [0.2, 0.25) is 0 Å². The van der Waals surface area contributed by atoms with Crippen molar-refractivity contribution >= 4 is 5.97 Å². The SMILES string of the molecule is CC(=O)O[C@H](C)C=C1CCC(C)(C)CC1. The predicted molar refractivity (Wildman–Crippen MR) is 61.6 cm³/mol. The predicted octanol–water partition coefficient (Wildman–Crippen LogP) is 3.46. The maximum absolute atomic E-state index is 10.7. The van der Waals surface area contributed by atoms with Crippen LogP contribution in [0.25, 0.3) is 0 Å². The van der Waals surface area contributed by atoms with Gasteiger partial charge in [0.15, 0.2) is 0 Å². The van der Waals surface area contributed by atoms with Gasteiger partial charge >= 0.3 is 5.97 Å². The van der Waals surface area contributed by atoms with Crippen molar-refractivity contribution in [2.24, 2.45) is 5.41 Å². The summed E-state index contributed by atoms with van der Waals surface area (Å²) in [7, 11) is 0. The Kier molecular flexibility index (Phi) is 3.95. The molecule has 0 N–H and O–H groups in total. The molecule has 15 heavy (non-hydrogen) atoms. The van der Waals surface area contributed by atoms with E-state index in [-0.39, 0.29) is 12.1 Å². The van der Waals surface area contributed by atoms with Gasteiger partial charge in [-0.15, -0.1) is 0 Å². The molecule has 0 bridgehead atoms. The number of rotatable bonds is 2. The fraction of sp³-hybridized carbons (Fsp3) is 0.769. The summed E-state index contributed by atoms with van der Waals surface area (Å²) in [5.41, 5.74) is 1.94. The Morgan fingerprint density at radius 1 is 1.40 bits per heavy atom. The summed E-state index contributed by atoms with van der Waals surface area (Å²) in [5, 5.41) is 0. The van der Waals surface area contributed by atoms with E-state index in [1.165, 1.54) is 25.3 Å². The Hall–Kier alpha value is -0.790. The third-order valence-corrected chi connectivity index (χ3v) is 3.07. The average molecular weight is 210 g/mol. The molecule has 0 aromatic heterocycles. The van der Waals surface area contributed by atoms with Crippen molar-refractivity contribution in [2.45, 2.75) is 59.5 Å². The lowest BCUT2D eigenvalue weighted by Crippen LogP contribution is -2.18. The van der Waals surface area contributed by atoms with Crippen LogP contribution in [0.3, 0.4) is 0 Å². The molecule has 0 aliphatic heterocycles. The Morgan fingerprint density at radius 2 is 1.93 bits per heavy atom. The molecule has 1 fully saturated rings. The van der Waals surface area contributed by atoms with Crippen LogP contribution in [0.15, 0.2) is 11.6 Å². The molecule has 2 nitrogen and oxygen atoms in total. The maximum atomic E-state index is 10.7. The van der Waals surface area contributed by atoms with Gasteiger partial charge in [0.05, 0.1) is 0 Å². The average Bonchev–Trinajstić information content (AvgIpc) is 2.07. The van der Waals surface area contributed by atoms with Crippen molar-refractivity contribution in [2.75, 3.05) is 0 Å². The van der Waals surface area contributed by atoms with Crippen LogP contribution in [0.4, 0.5) is 0 Å². The van der Waals surface area contributed by atoms with Gasteiger partial charge in [-0.2, -0.15) is 0 Å². The van der Waals surface area contributed by atoms with E-state index in [0.29, 0.717) is 5.41 Å². The van der Waals surface area contributed by atoms with Crippen LogP contribution < -0.4 is 0 Å². The minimum Gasteiger partial charge on any atom is -0.459 e. The highest BCUT2D eigenvalue weighted by Gasteiger charge is 2.23. The first kappa shape index (κ1) is 12.3. The number of ether oxygens (including phenoxy) is 1. The van der Waals surface area contributed by atoms with Crippen molar-refractivity contribution in [1.82, 2.24) is 0 Å². The Labute approximate surface area is 92.7 Å². The van der Waals surface area contributed by atoms with Crippen molar-refractivity contribution in [3.8, 4) is 0 Å². The van der Waals surface area contributed by atoms with Crippen LogP contribution in [-0.2, 0) is 9.53 Å². The highest BCUT2D eigenvalue weighted by molar-refractivity contribution is 5.66. The first-order chi connectivity index (χ1) is 6.89. The summed E-state index contributed by atoms with van der Waals surface area (Å²) >= 11 is 0. The Balaban J connectivity index is 2.45. The molecule has 0 spiro atoms. The minimum atomic E-state index is -0.199. The first-order valence-electron chi connectivity index (χ1n) is 5.76. The van der Waals surface area contributed by atoms with Gasteiger partial charge in [-0.3, -0.25) is 4.79 Å². The maximum Gasteiger partial charge on any atom is 0.303 e. The molecule has 2 heteroatoms. The molecule has 0 aromatic carbocycles. The van der Waals surface area contributed by atoms with Crippen LogP contribution in [-0.4, -0.2) is 12.1 Å². The van der Waals surface area contributed by atoms with Crippen molar-refractivity contribution in [3.05, 3.63) is 11.6 Å². The summed E-state index contributed by atoms with van der Waals surface area (Å²) in [5.74, 6) is -0.199. The number of esters is 1. The zero-order valence-electron chi connectivity index (χ0n) is 10.3. The van der Waals surface area contributed by atoms with E-state index in [2.05, 4.69) is 19.9 Å². The van der Waals surface area contributed by atoms with Crippen molar-refractivity contribution in [3.63, 3.8) is 0 Å². The minimum absolute atomic E-state index is 0.0706. The molecule has 0 radical (unpaired) electrons. The lowest BCUT2D eigenvalue weighted by atomic mass is 9.75. The molecule has 0 aromatic rings. The molecule has 0 amide bonds. The number of hydrogen-bond donors (Lipinski definition) is 0. The molecule has 86 valence electrons. The summed E-state index contributed by atoms with van der Waals surface area (Å²) in [6.07, 6.45) is 6.82. The summed E-state index contributed by atoms with van der Waals surface area (Å²) < 4.78 is 5.09. The smallest absolute Gasteiger partial charge is 0.303 e. The largest absolute Gasteiger partial charge is 0.459 e. The van der Waals surface area contributed by atoms with Crippen LogP contribution in [0.1, 0.15) is 53.4 Å². The molecular formula is C13H22O2. The number of hydrogen-bond acceptors (Lipinski definition) is 2. The first-order valence-corrected chi connectivity index (χ1v) is 5.76. The second-order valence-electron chi connectivity index (χ2n) is 5.30. The molecule has 1 aliphatic carbocycles. The number of carbonyl (C=O) groups excluding carboxylic acids is 1. The van der Waals surface area contributed by atoms with Gasteiger partial charge in [-0.1, -0.05) is 19.4 Å². The van der Waals surface area contributed by atoms with Gasteiger partial charge in [-0.05, 0) is 44.1 Å². The zero-order chi connectivity index (χ0) is 11.5. The summed E-state index contributed by atoms with van der Waals surface area (Å²) in [6, 6.07) is 0. The van der Waals surface area contributed by atoms with E-state index >= 15 is 0 Å². The monoisotopic (exact) mass is 210 g/mol. The van der Waals surface area contributed by atoms with E-state index in [4.69, 9.17) is 4.74 Å². The summed E-state index contributed by atoms with van der Waals surface area (Å²) in [4.78, 5) is 10.7. The second-order valence-corrected chi connectivity index (χ2v) is 5.30. The summed E-state index contributed by atoms with van der Waals surface area (Å²) in [6.45, 7) is 8.02. The molecule has 1 atom stereocenters. The molecule has 1 rings (SSSR count). The van der Waals surface area contributed by atoms with Gasteiger partial charge in [0.1, 0.15) is 6.10 Å². The second kappa shape index (κ2) is 4.82. The van der Waals surface area contributed by atoms with E-state index in [9.17, 15) is 4.79 Å². The third-order valence-electron chi connectivity index (χ3n) is 3.07. The molecule has 0 heterocycles. The third kappa shape index (κ3) is 4.50. The fourth-order valence-corrected chi connectivity index (χ4v) is 2.04. The standard InChI is InChI=1S/C13H22O2/c1-10(15-11(2)14)9-12-5-7-13(3,4)8-6-12/h9-10H,5-8H2,1-4H3/t10-/m1/s1. The van der Waals surface area contributed by atoms with Gasteiger partial charge in [0.25, 0.3) is 0 Å². The highest BCUT2D eigenvalue weighted by Crippen LogP contribution is 2.37. The molecule has 1 saturated carbocycles. The van der Waals surface area contributed by atoms with Crippen LogP contribution in [0, 0.1) is 5.41 Å². The van der Waals surface area contributed by atoms with Gasteiger partial charge < -0.3 is 4.74 Å². The quantitative estimate of drug-likeness (QED) is 0.515. The van der Waals surface area contributed by atoms with E-state index < -0.39 is 0 Å². The molecule has 0 unspecified atom stereocenters. The normalized spacial score (nSPS) is 22.0. The van der Waals surface area contributed by atoms with E-state index in [0.717, 1.165) is 12.8 Å².